The molecule has 3 saturated heterocycles. The van der Waals surface area contributed by atoms with Gasteiger partial charge < -0.3 is 19.5 Å². The van der Waals surface area contributed by atoms with Gasteiger partial charge in [0.1, 0.15) is 22.1 Å². The lowest BCUT2D eigenvalue weighted by atomic mass is 9.88. The first-order valence-electron chi connectivity index (χ1n) is 18.0. The Bertz CT molecular complexity index is 2060. The van der Waals surface area contributed by atoms with E-state index in [0.29, 0.717) is 58.2 Å². The summed E-state index contributed by atoms with van der Waals surface area (Å²) in [5.74, 6) is 2.54. The molecular weight excluding hydrogens is 664 g/mol. The molecule has 3 fully saturated rings. The van der Waals surface area contributed by atoms with Gasteiger partial charge in [0.05, 0.1) is 23.4 Å². The number of likely N-dealkylation sites (tertiary alicyclic amines) is 1. The van der Waals surface area contributed by atoms with Gasteiger partial charge in [-0.3, -0.25) is 19.6 Å². The molecule has 0 radical (unpaired) electrons. The molecule has 2 N–H and O–H groups in total. The Morgan fingerprint density at radius 3 is 2.47 bits per heavy atom. The molecule has 0 saturated carbocycles. The van der Waals surface area contributed by atoms with Crippen molar-refractivity contribution in [2.24, 2.45) is 13.0 Å². The SMILES string of the molecule is Cc1nn(C)cc1-c1nc2ncc(Cl)c(Oc3ccc(C4CCN(CC5CCN(c6cccc([C@@H]7CCC(=O)NC7=O)c6)CC5)CC4)cc3)c2[nH]1. The van der Waals surface area contributed by atoms with Crippen molar-refractivity contribution in [1.82, 2.24) is 34.9 Å². The normalized spacial score (nSPS) is 19.5. The molecule has 3 aliphatic heterocycles. The predicted octanol–water partition coefficient (Wildman–Crippen LogP) is 6.73. The minimum atomic E-state index is -0.244. The third-order valence-electron chi connectivity index (χ3n) is 10.9. The van der Waals surface area contributed by atoms with E-state index in [0.717, 1.165) is 62.4 Å². The van der Waals surface area contributed by atoms with Crippen LogP contribution >= 0.6 is 11.6 Å². The molecule has 2 amide bonds. The smallest absolute Gasteiger partial charge is 0.234 e. The van der Waals surface area contributed by atoms with Crippen LogP contribution in [0.4, 0.5) is 5.69 Å². The summed E-state index contributed by atoms with van der Waals surface area (Å²) >= 11 is 6.58. The largest absolute Gasteiger partial charge is 0.453 e. The van der Waals surface area contributed by atoms with Crippen molar-refractivity contribution in [3.05, 3.63) is 82.8 Å². The number of H-pyrrole nitrogens is 1. The van der Waals surface area contributed by atoms with Crippen LogP contribution in [0.2, 0.25) is 5.02 Å². The van der Waals surface area contributed by atoms with Crippen LogP contribution in [0.25, 0.3) is 22.6 Å². The predicted molar refractivity (Wildman–Crippen MR) is 197 cm³/mol. The second kappa shape index (κ2) is 14.1. The lowest BCUT2D eigenvalue weighted by molar-refractivity contribution is -0.134. The van der Waals surface area contributed by atoms with E-state index >= 15 is 0 Å². The Morgan fingerprint density at radius 1 is 0.961 bits per heavy atom. The molecule has 12 heteroatoms. The average Bonchev–Trinajstić information content (AvgIpc) is 3.72. The van der Waals surface area contributed by atoms with Crippen molar-refractivity contribution in [3.63, 3.8) is 0 Å². The summed E-state index contributed by atoms with van der Waals surface area (Å²) in [6, 6.07) is 16.8. The molecule has 5 aromatic rings. The lowest BCUT2D eigenvalue weighted by Crippen LogP contribution is -2.41. The summed E-state index contributed by atoms with van der Waals surface area (Å²) in [6.45, 7) is 7.38. The second-order valence-electron chi connectivity index (χ2n) is 14.3. The molecule has 0 unspecified atom stereocenters. The Labute approximate surface area is 302 Å². The number of aryl methyl sites for hydroxylation is 2. The number of carbonyl (C=O) groups excluding carboxylic acids is 2. The zero-order valence-corrected chi connectivity index (χ0v) is 29.8. The number of rotatable bonds is 8. The number of piperidine rings is 3. The van der Waals surface area contributed by atoms with Gasteiger partial charge in [-0.1, -0.05) is 35.9 Å². The molecule has 0 aliphatic carbocycles. The molecule has 11 nitrogen and oxygen atoms in total. The zero-order valence-electron chi connectivity index (χ0n) is 29.1. The van der Waals surface area contributed by atoms with E-state index in [2.05, 4.69) is 59.4 Å². The number of imidazole rings is 1. The van der Waals surface area contributed by atoms with Crippen molar-refractivity contribution in [2.75, 3.05) is 37.6 Å². The molecule has 3 aliphatic rings. The highest BCUT2D eigenvalue weighted by molar-refractivity contribution is 6.32. The number of hydrogen-bond acceptors (Lipinski definition) is 8. The van der Waals surface area contributed by atoms with Gasteiger partial charge >= 0.3 is 0 Å². The van der Waals surface area contributed by atoms with Crippen LogP contribution in [0, 0.1) is 12.8 Å². The van der Waals surface area contributed by atoms with E-state index in [4.69, 9.17) is 16.3 Å². The second-order valence-corrected chi connectivity index (χ2v) is 14.7. The van der Waals surface area contributed by atoms with Crippen molar-refractivity contribution in [1.29, 1.82) is 0 Å². The molecule has 0 bridgehead atoms. The fraction of sp³-hybridized carbons (Fsp3) is 0.410. The van der Waals surface area contributed by atoms with Crippen LogP contribution < -0.4 is 15.0 Å². The standard InChI is InChI=1S/C39H43ClN8O3/c1-24-32(23-46(2)45-24)37-43-35-36(33(40)21-41-38(35)44-37)51-30-8-6-26(7-9-30)27-14-16-47(17-15-27)22-25-12-18-48(19-13-25)29-5-3-4-28(20-29)31-10-11-34(49)42-39(31)50/h3-9,20-21,23,25,27,31H,10-19,22H2,1-2H3,(H,41,43,44)(H,42,49,50)/t31-/m0/s1. The van der Waals surface area contributed by atoms with Crippen LogP contribution in [0.1, 0.15) is 67.2 Å². The highest BCUT2D eigenvalue weighted by Gasteiger charge is 2.29. The van der Waals surface area contributed by atoms with Crippen LogP contribution in [0.5, 0.6) is 11.5 Å². The van der Waals surface area contributed by atoms with E-state index in [1.54, 1.807) is 10.9 Å². The van der Waals surface area contributed by atoms with E-state index < -0.39 is 0 Å². The number of hydrogen-bond donors (Lipinski definition) is 2. The van der Waals surface area contributed by atoms with Gasteiger partial charge in [-0.25, -0.2) is 9.97 Å². The third kappa shape index (κ3) is 7.10. The van der Waals surface area contributed by atoms with E-state index in [9.17, 15) is 9.59 Å². The number of carbonyl (C=O) groups is 2. The number of amides is 2. The minimum absolute atomic E-state index is 0.171. The third-order valence-corrected chi connectivity index (χ3v) is 11.1. The highest BCUT2D eigenvalue weighted by Crippen LogP contribution is 2.38. The number of nitrogens with zero attached hydrogens (tertiary/aromatic N) is 6. The molecule has 1 atom stereocenters. The van der Waals surface area contributed by atoms with Gasteiger partial charge in [0.25, 0.3) is 0 Å². The fourth-order valence-electron chi connectivity index (χ4n) is 8.03. The minimum Gasteiger partial charge on any atom is -0.453 e. The van der Waals surface area contributed by atoms with Gasteiger partial charge in [-0.05, 0) is 99.3 Å². The van der Waals surface area contributed by atoms with Gasteiger partial charge in [-0.15, -0.1) is 0 Å². The first kappa shape index (κ1) is 33.4. The highest BCUT2D eigenvalue weighted by atomic mass is 35.5. The quantitative estimate of drug-likeness (QED) is 0.171. The number of aromatic nitrogens is 5. The van der Waals surface area contributed by atoms with E-state index in [-0.39, 0.29) is 17.7 Å². The van der Waals surface area contributed by atoms with Gasteiger partial charge in [-0.2, -0.15) is 5.10 Å². The van der Waals surface area contributed by atoms with Crippen molar-refractivity contribution in [3.8, 4) is 22.9 Å². The summed E-state index contributed by atoms with van der Waals surface area (Å²) in [4.78, 5) is 41.6. The number of fused-ring (bicyclic) bond motifs is 1. The van der Waals surface area contributed by atoms with Gasteiger partial charge in [0, 0.05) is 45.0 Å². The summed E-state index contributed by atoms with van der Waals surface area (Å²) < 4.78 is 8.09. The van der Waals surface area contributed by atoms with Gasteiger partial charge in [0.15, 0.2) is 11.4 Å². The molecule has 8 rings (SSSR count). The molecule has 51 heavy (non-hydrogen) atoms. The number of nitrogens with one attached hydrogen (secondary N) is 2. The zero-order chi connectivity index (χ0) is 35.1. The summed E-state index contributed by atoms with van der Waals surface area (Å²) in [6.07, 6.45) is 9.12. The maximum Gasteiger partial charge on any atom is 0.234 e. The topological polar surface area (TPSA) is 121 Å². The monoisotopic (exact) mass is 706 g/mol. The van der Waals surface area contributed by atoms with E-state index in [1.165, 1.54) is 24.1 Å². The lowest BCUT2D eigenvalue weighted by Gasteiger charge is -2.38. The van der Waals surface area contributed by atoms with Crippen LogP contribution in [-0.2, 0) is 16.6 Å². The molecule has 0 spiro atoms. The van der Waals surface area contributed by atoms with Crippen molar-refractivity contribution >= 4 is 40.3 Å². The number of imide groups is 1. The van der Waals surface area contributed by atoms with Crippen LogP contribution in [0.3, 0.4) is 0 Å². The number of aromatic amines is 1. The number of pyridine rings is 1. The number of halogens is 1. The first-order chi connectivity index (χ1) is 24.8. The van der Waals surface area contributed by atoms with Crippen LogP contribution in [0.15, 0.2) is 60.9 Å². The Kier molecular flexibility index (Phi) is 9.24. The number of ether oxygens (including phenoxy) is 1. The number of anilines is 1. The van der Waals surface area contributed by atoms with Crippen molar-refractivity contribution in [2.45, 2.75) is 57.3 Å². The fourth-order valence-corrected chi connectivity index (χ4v) is 8.22. The molecule has 264 valence electrons. The summed E-state index contributed by atoms with van der Waals surface area (Å²) in [5.41, 5.74) is 6.50. The maximum atomic E-state index is 12.4. The van der Waals surface area contributed by atoms with Crippen LogP contribution in [-0.4, -0.2) is 74.2 Å². The van der Waals surface area contributed by atoms with E-state index in [1.807, 2.05) is 44.4 Å². The summed E-state index contributed by atoms with van der Waals surface area (Å²) in [5, 5.41) is 7.34. The number of benzene rings is 2. The summed E-state index contributed by atoms with van der Waals surface area (Å²) in [7, 11) is 1.89. The van der Waals surface area contributed by atoms with Gasteiger partial charge in [0.2, 0.25) is 11.8 Å². The molecule has 2 aromatic carbocycles. The average molecular weight is 707 g/mol. The molecular formula is C39H43ClN8O3. The first-order valence-corrected chi connectivity index (χ1v) is 18.4. The Morgan fingerprint density at radius 2 is 1.75 bits per heavy atom. The Hall–Kier alpha value is -4.74. The van der Waals surface area contributed by atoms with Crippen molar-refractivity contribution < 1.29 is 14.3 Å². The maximum absolute atomic E-state index is 12.4. The molecule has 3 aromatic heterocycles. The Balaban J connectivity index is 0.830. The molecule has 6 heterocycles.